The first-order valence-corrected chi connectivity index (χ1v) is 8.53. The second-order valence-corrected chi connectivity index (χ2v) is 7.03. The monoisotopic (exact) mass is 371 g/mol. The Hall–Kier alpha value is -1.14. The highest BCUT2D eigenvalue weighted by atomic mass is 35.5. The van der Waals surface area contributed by atoms with Gasteiger partial charge in [0.15, 0.2) is 5.13 Å². The number of carbonyl (C=O) groups excluding carboxylic acids is 1. The number of aromatic nitrogens is 1. The zero-order chi connectivity index (χ0) is 15.5. The van der Waals surface area contributed by atoms with E-state index in [4.69, 9.17) is 11.6 Å². The van der Waals surface area contributed by atoms with Crippen molar-refractivity contribution >= 4 is 46.4 Å². The fourth-order valence-corrected chi connectivity index (χ4v) is 3.78. The van der Waals surface area contributed by atoms with Crippen LogP contribution in [-0.2, 0) is 11.2 Å². The molecular formula is C16H19Cl2N3OS. The van der Waals surface area contributed by atoms with Crippen LogP contribution in [0.25, 0.3) is 0 Å². The molecule has 1 unspecified atom stereocenters. The number of aryl methyl sites for hydroxylation is 1. The summed E-state index contributed by atoms with van der Waals surface area (Å²) in [6, 6.07) is 7.83. The van der Waals surface area contributed by atoms with Crippen LogP contribution in [0.15, 0.2) is 24.3 Å². The third-order valence-corrected chi connectivity index (χ3v) is 5.12. The Morgan fingerprint density at radius 3 is 3.04 bits per heavy atom. The van der Waals surface area contributed by atoms with Gasteiger partial charge in [-0.3, -0.25) is 4.79 Å². The van der Waals surface area contributed by atoms with Crippen molar-refractivity contribution in [3.63, 3.8) is 0 Å². The van der Waals surface area contributed by atoms with Crippen LogP contribution in [-0.4, -0.2) is 24.0 Å². The molecule has 23 heavy (non-hydrogen) atoms. The fraction of sp³-hybridized carbons (Fsp3) is 0.375. The molecule has 4 nitrogen and oxygen atoms in total. The van der Waals surface area contributed by atoms with E-state index in [1.165, 1.54) is 0 Å². The lowest BCUT2D eigenvalue weighted by atomic mass is 10.1. The van der Waals surface area contributed by atoms with E-state index in [0.717, 1.165) is 47.1 Å². The first kappa shape index (κ1) is 18.2. The molecule has 1 amide bonds. The molecule has 0 aliphatic carbocycles. The van der Waals surface area contributed by atoms with Gasteiger partial charge in [0.1, 0.15) is 0 Å². The number of carbonyl (C=O) groups is 1. The first-order valence-electron chi connectivity index (χ1n) is 7.34. The standard InChI is InChI=1S/C16H18ClN3OS.ClH/c1-10-14(8-11-3-2-4-13(17)7-11)22-16(19-10)20-15(21)12-5-6-18-9-12;/h2-4,7,12,18H,5-6,8-9H2,1H3,(H,19,20,21);1H. The molecule has 1 aromatic carbocycles. The van der Waals surface area contributed by atoms with Gasteiger partial charge in [0, 0.05) is 22.9 Å². The van der Waals surface area contributed by atoms with Gasteiger partial charge in [-0.1, -0.05) is 23.7 Å². The number of amides is 1. The average Bonchev–Trinajstić information content (AvgIpc) is 3.10. The molecule has 0 saturated carbocycles. The van der Waals surface area contributed by atoms with Crippen molar-refractivity contribution < 1.29 is 4.79 Å². The largest absolute Gasteiger partial charge is 0.316 e. The van der Waals surface area contributed by atoms with Gasteiger partial charge in [-0.25, -0.2) is 4.98 Å². The van der Waals surface area contributed by atoms with Gasteiger partial charge in [-0.2, -0.15) is 0 Å². The van der Waals surface area contributed by atoms with Crippen LogP contribution in [0.1, 0.15) is 22.6 Å². The van der Waals surface area contributed by atoms with E-state index >= 15 is 0 Å². The van der Waals surface area contributed by atoms with Crippen LogP contribution in [0.2, 0.25) is 5.02 Å². The van der Waals surface area contributed by atoms with E-state index in [9.17, 15) is 4.79 Å². The molecule has 0 spiro atoms. The average molecular weight is 372 g/mol. The Labute approximate surface area is 151 Å². The molecule has 0 radical (unpaired) electrons. The van der Waals surface area contributed by atoms with E-state index in [-0.39, 0.29) is 24.2 Å². The minimum Gasteiger partial charge on any atom is -0.316 e. The minimum absolute atomic E-state index is 0. The van der Waals surface area contributed by atoms with Crippen LogP contribution in [0.5, 0.6) is 0 Å². The molecule has 3 rings (SSSR count). The number of halogens is 2. The Balaban J connectivity index is 0.00000192. The zero-order valence-corrected chi connectivity index (χ0v) is 15.2. The first-order chi connectivity index (χ1) is 10.6. The van der Waals surface area contributed by atoms with Crippen molar-refractivity contribution in [1.82, 2.24) is 10.3 Å². The maximum atomic E-state index is 12.1. The predicted molar refractivity (Wildman–Crippen MR) is 98.0 cm³/mol. The summed E-state index contributed by atoms with van der Waals surface area (Å²) in [6.07, 6.45) is 1.68. The van der Waals surface area contributed by atoms with E-state index in [1.807, 2.05) is 31.2 Å². The Kier molecular flexibility index (Phi) is 6.41. The fourth-order valence-electron chi connectivity index (χ4n) is 2.56. The predicted octanol–water partition coefficient (Wildman–Crippen LogP) is 3.67. The highest BCUT2D eigenvalue weighted by Crippen LogP contribution is 2.26. The maximum Gasteiger partial charge on any atom is 0.230 e. The molecular weight excluding hydrogens is 353 g/mol. The summed E-state index contributed by atoms with van der Waals surface area (Å²) in [5.41, 5.74) is 2.11. The third-order valence-electron chi connectivity index (χ3n) is 3.81. The van der Waals surface area contributed by atoms with Gasteiger partial charge < -0.3 is 10.6 Å². The summed E-state index contributed by atoms with van der Waals surface area (Å²) >= 11 is 7.56. The molecule has 1 aliphatic heterocycles. The second-order valence-electron chi connectivity index (χ2n) is 5.51. The van der Waals surface area contributed by atoms with E-state index in [0.29, 0.717) is 5.13 Å². The zero-order valence-electron chi connectivity index (χ0n) is 12.8. The molecule has 1 fully saturated rings. The topological polar surface area (TPSA) is 54.0 Å². The Morgan fingerprint density at radius 2 is 2.35 bits per heavy atom. The molecule has 2 heterocycles. The van der Waals surface area contributed by atoms with Crippen molar-refractivity contribution in [3.8, 4) is 0 Å². The normalized spacial score (nSPS) is 16.9. The quantitative estimate of drug-likeness (QED) is 0.861. The summed E-state index contributed by atoms with van der Waals surface area (Å²) in [5.74, 6) is 0.119. The summed E-state index contributed by atoms with van der Waals surface area (Å²) in [4.78, 5) is 17.8. The van der Waals surface area contributed by atoms with Gasteiger partial charge in [-0.15, -0.1) is 23.7 Å². The number of benzene rings is 1. The highest BCUT2D eigenvalue weighted by Gasteiger charge is 2.23. The van der Waals surface area contributed by atoms with Gasteiger partial charge in [-0.05, 0) is 37.6 Å². The van der Waals surface area contributed by atoms with E-state index < -0.39 is 0 Å². The summed E-state index contributed by atoms with van der Waals surface area (Å²) in [5, 5.41) is 7.57. The van der Waals surface area contributed by atoms with Gasteiger partial charge in [0.05, 0.1) is 11.6 Å². The molecule has 7 heteroatoms. The Bertz CT molecular complexity index is 684. The van der Waals surface area contributed by atoms with Crippen LogP contribution in [0.3, 0.4) is 0 Å². The van der Waals surface area contributed by atoms with E-state index in [1.54, 1.807) is 11.3 Å². The summed E-state index contributed by atoms with van der Waals surface area (Å²) in [6.45, 7) is 3.64. The SMILES string of the molecule is Cc1nc(NC(=O)C2CCNC2)sc1Cc1cccc(Cl)c1.Cl. The van der Waals surface area contributed by atoms with Crippen molar-refractivity contribution in [2.45, 2.75) is 19.8 Å². The van der Waals surface area contributed by atoms with Gasteiger partial charge >= 0.3 is 0 Å². The molecule has 2 aromatic rings. The minimum atomic E-state index is 0. The second kappa shape index (κ2) is 8.11. The van der Waals surface area contributed by atoms with Crippen LogP contribution < -0.4 is 10.6 Å². The lowest BCUT2D eigenvalue weighted by Gasteiger charge is -2.06. The maximum absolute atomic E-state index is 12.1. The number of hydrogen-bond donors (Lipinski definition) is 2. The molecule has 1 saturated heterocycles. The number of anilines is 1. The lowest BCUT2D eigenvalue weighted by molar-refractivity contribution is -0.119. The Morgan fingerprint density at radius 1 is 1.52 bits per heavy atom. The van der Waals surface area contributed by atoms with Crippen molar-refractivity contribution in [2.24, 2.45) is 5.92 Å². The number of thiazole rings is 1. The van der Waals surface area contributed by atoms with Gasteiger partial charge in [0.2, 0.25) is 5.91 Å². The number of nitrogens with one attached hydrogen (secondary N) is 2. The van der Waals surface area contributed by atoms with Gasteiger partial charge in [0.25, 0.3) is 0 Å². The van der Waals surface area contributed by atoms with Crippen molar-refractivity contribution in [2.75, 3.05) is 18.4 Å². The van der Waals surface area contributed by atoms with Crippen LogP contribution >= 0.6 is 35.3 Å². The molecule has 1 aliphatic rings. The van der Waals surface area contributed by atoms with Crippen molar-refractivity contribution in [1.29, 1.82) is 0 Å². The number of hydrogen-bond acceptors (Lipinski definition) is 4. The third kappa shape index (κ3) is 4.67. The molecule has 1 atom stereocenters. The van der Waals surface area contributed by atoms with E-state index in [2.05, 4.69) is 15.6 Å². The number of nitrogens with zero attached hydrogens (tertiary/aromatic N) is 1. The summed E-state index contributed by atoms with van der Waals surface area (Å²) in [7, 11) is 0. The highest BCUT2D eigenvalue weighted by molar-refractivity contribution is 7.15. The molecule has 124 valence electrons. The molecule has 0 bridgehead atoms. The van der Waals surface area contributed by atoms with Crippen LogP contribution in [0.4, 0.5) is 5.13 Å². The molecule has 2 N–H and O–H groups in total. The number of rotatable bonds is 4. The van der Waals surface area contributed by atoms with Crippen molar-refractivity contribution in [3.05, 3.63) is 45.4 Å². The lowest BCUT2D eigenvalue weighted by Crippen LogP contribution is -2.24. The summed E-state index contributed by atoms with van der Waals surface area (Å²) < 4.78 is 0. The molecule has 1 aromatic heterocycles. The van der Waals surface area contributed by atoms with Crippen LogP contribution in [0, 0.1) is 12.8 Å². The smallest absolute Gasteiger partial charge is 0.230 e.